The van der Waals surface area contributed by atoms with Gasteiger partial charge in [0.05, 0.1) is 5.75 Å². The summed E-state index contributed by atoms with van der Waals surface area (Å²) in [4.78, 5) is 11.8. The highest BCUT2D eigenvalue weighted by Crippen LogP contribution is 2.23. The van der Waals surface area contributed by atoms with Gasteiger partial charge in [0.1, 0.15) is 23.2 Å². The second-order valence-corrected chi connectivity index (χ2v) is 5.19. The summed E-state index contributed by atoms with van der Waals surface area (Å²) in [6, 6.07) is 9.06. The molecule has 104 valence electrons. The maximum Gasteiger partial charge on any atom is 0.147 e. The van der Waals surface area contributed by atoms with Gasteiger partial charge in [-0.2, -0.15) is 0 Å². The molecule has 0 heterocycles. The summed E-state index contributed by atoms with van der Waals surface area (Å²) in [7, 11) is 0. The van der Waals surface area contributed by atoms with Crippen LogP contribution in [-0.4, -0.2) is 11.5 Å². The maximum atomic E-state index is 13.4. The normalized spacial score (nSPS) is 10.6. The van der Waals surface area contributed by atoms with Crippen molar-refractivity contribution in [1.82, 2.24) is 0 Å². The van der Waals surface area contributed by atoms with Crippen molar-refractivity contribution in [3.05, 3.63) is 65.5 Å². The molecular formula is C15H11F3OS. The molecule has 0 aliphatic carbocycles. The van der Waals surface area contributed by atoms with Gasteiger partial charge in [0.25, 0.3) is 0 Å². The van der Waals surface area contributed by atoms with E-state index in [2.05, 4.69) is 0 Å². The average molecular weight is 296 g/mol. The third-order valence-corrected chi connectivity index (χ3v) is 3.72. The van der Waals surface area contributed by atoms with E-state index in [4.69, 9.17) is 0 Å². The summed E-state index contributed by atoms with van der Waals surface area (Å²) < 4.78 is 39.7. The number of hydrogen-bond donors (Lipinski definition) is 0. The summed E-state index contributed by atoms with van der Waals surface area (Å²) in [5.74, 6) is -1.86. The molecule has 0 atom stereocenters. The van der Waals surface area contributed by atoms with Crippen LogP contribution in [0.1, 0.15) is 5.56 Å². The van der Waals surface area contributed by atoms with E-state index < -0.39 is 17.5 Å². The molecule has 0 saturated carbocycles. The summed E-state index contributed by atoms with van der Waals surface area (Å²) in [6.45, 7) is 0. The summed E-state index contributed by atoms with van der Waals surface area (Å²) >= 11 is 0.907. The van der Waals surface area contributed by atoms with Crippen LogP contribution in [0, 0.1) is 17.5 Å². The Balaban J connectivity index is 1.96. The van der Waals surface area contributed by atoms with Crippen LogP contribution in [0.5, 0.6) is 0 Å². The van der Waals surface area contributed by atoms with Crippen molar-refractivity contribution in [1.29, 1.82) is 0 Å². The Morgan fingerprint density at radius 3 is 2.50 bits per heavy atom. The number of thioether (sulfide) groups is 1. The molecule has 2 aromatic rings. The average Bonchev–Trinajstić information content (AvgIpc) is 2.42. The molecule has 0 spiro atoms. The van der Waals surface area contributed by atoms with E-state index in [1.165, 1.54) is 12.1 Å². The Kier molecular flexibility index (Phi) is 4.84. The van der Waals surface area contributed by atoms with E-state index in [-0.39, 0.29) is 22.9 Å². The topological polar surface area (TPSA) is 17.1 Å². The zero-order valence-corrected chi connectivity index (χ0v) is 11.2. The molecule has 1 nitrogen and oxygen atoms in total. The molecule has 0 amide bonds. The first-order valence-corrected chi connectivity index (χ1v) is 6.88. The molecule has 5 heteroatoms. The molecule has 2 aromatic carbocycles. The van der Waals surface area contributed by atoms with Gasteiger partial charge in [0.15, 0.2) is 0 Å². The first-order valence-electron chi connectivity index (χ1n) is 5.89. The van der Waals surface area contributed by atoms with Crippen LogP contribution in [0.4, 0.5) is 13.2 Å². The van der Waals surface area contributed by atoms with Crippen LogP contribution in [0.25, 0.3) is 0 Å². The first-order chi connectivity index (χ1) is 9.56. The van der Waals surface area contributed by atoms with E-state index in [0.29, 0.717) is 5.56 Å². The molecule has 20 heavy (non-hydrogen) atoms. The molecular weight excluding hydrogens is 285 g/mol. The fourth-order valence-electron chi connectivity index (χ4n) is 1.65. The Morgan fingerprint density at radius 2 is 1.75 bits per heavy atom. The van der Waals surface area contributed by atoms with Crippen LogP contribution in [0.3, 0.4) is 0 Å². The number of carbonyl (C=O) groups is 1. The highest BCUT2D eigenvalue weighted by Gasteiger charge is 2.10. The molecule has 0 radical (unpaired) electrons. The summed E-state index contributed by atoms with van der Waals surface area (Å²) in [5, 5.41) is 0. The number of rotatable bonds is 5. The second-order valence-electron chi connectivity index (χ2n) is 4.17. The zero-order valence-electron chi connectivity index (χ0n) is 10.4. The van der Waals surface area contributed by atoms with E-state index in [1.807, 2.05) is 0 Å². The largest absolute Gasteiger partial charge is 0.298 e. The number of carbonyl (C=O) groups excluding carboxylic acids is 1. The van der Waals surface area contributed by atoms with Gasteiger partial charge < -0.3 is 0 Å². The van der Waals surface area contributed by atoms with Crippen LogP contribution in [0.2, 0.25) is 0 Å². The van der Waals surface area contributed by atoms with Gasteiger partial charge in [-0.3, -0.25) is 4.79 Å². The van der Waals surface area contributed by atoms with E-state index in [0.717, 1.165) is 30.0 Å². The Morgan fingerprint density at radius 1 is 1.00 bits per heavy atom. The highest BCUT2D eigenvalue weighted by molar-refractivity contribution is 8.00. The van der Waals surface area contributed by atoms with E-state index in [1.54, 1.807) is 12.1 Å². The minimum absolute atomic E-state index is 0.0330. The maximum absolute atomic E-state index is 13.4. The highest BCUT2D eigenvalue weighted by atomic mass is 32.2. The van der Waals surface area contributed by atoms with Crippen LogP contribution < -0.4 is 0 Å². The first kappa shape index (κ1) is 14.7. The monoisotopic (exact) mass is 296 g/mol. The SMILES string of the molecule is O=C(CSc1cc(F)ccc1F)Cc1ccccc1F. The van der Waals surface area contributed by atoms with Gasteiger partial charge in [0, 0.05) is 11.3 Å². The number of Topliss-reactive ketones (excluding diaryl/α,β-unsaturated/α-hetero) is 1. The van der Waals surface area contributed by atoms with Crippen molar-refractivity contribution >= 4 is 17.5 Å². The molecule has 0 aromatic heterocycles. The molecule has 0 saturated heterocycles. The van der Waals surface area contributed by atoms with Gasteiger partial charge in [-0.05, 0) is 29.8 Å². The fourth-order valence-corrected chi connectivity index (χ4v) is 2.47. The Labute approximate surface area is 118 Å². The standard InChI is InChI=1S/C15H11F3OS/c16-11-5-6-14(18)15(8-11)20-9-12(19)7-10-3-1-2-4-13(10)17/h1-6,8H,7,9H2. The molecule has 0 N–H and O–H groups in total. The lowest BCUT2D eigenvalue weighted by Crippen LogP contribution is -2.07. The summed E-state index contributed by atoms with van der Waals surface area (Å²) in [5.41, 5.74) is 0.304. The van der Waals surface area contributed by atoms with Crippen molar-refractivity contribution in [2.45, 2.75) is 11.3 Å². The smallest absolute Gasteiger partial charge is 0.147 e. The fraction of sp³-hybridized carbons (Fsp3) is 0.133. The number of benzene rings is 2. The quantitative estimate of drug-likeness (QED) is 0.776. The molecule has 2 rings (SSSR count). The lowest BCUT2D eigenvalue weighted by atomic mass is 10.1. The van der Waals surface area contributed by atoms with Crippen LogP contribution in [0.15, 0.2) is 47.4 Å². The number of ketones is 1. The van der Waals surface area contributed by atoms with Crippen LogP contribution in [-0.2, 0) is 11.2 Å². The molecule has 0 bridgehead atoms. The van der Waals surface area contributed by atoms with E-state index in [9.17, 15) is 18.0 Å². The minimum atomic E-state index is -0.574. The van der Waals surface area contributed by atoms with Gasteiger partial charge in [-0.25, -0.2) is 13.2 Å². The Hall–Kier alpha value is -1.75. The molecule has 0 fully saturated rings. The lowest BCUT2D eigenvalue weighted by Gasteiger charge is -2.04. The van der Waals surface area contributed by atoms with Gasteiger partial charge in [-0.15, -0.1) is 11.8 Å². The van der Waals surface area contributed by atoms with Crippen molar-refractivity contribution in [3.63, 3.8) is 0 Å². The molecule has 0 aliphatic rings. The van der Waals surface area contributed by atoms with E-state index >= 15 is 0 Å². The van der Waals surface area contributed by atoms with Gasteiger partial charge in [-0.1, -0.05) is 18.2 Å². The third-order valence-electron chi connectivity index (χ3n) is 2.63. The summed E-state index contributed by atoms with van der Waals surface area (Å²) in [6.07, 6.45) is -0.0589. The predicted octanol–water partition coefficient (Wildman–Crippen LogP) is 4.01. The minimum Gasteiger partial charge on any atom is -0.298 e. The van der Waals surface area contributed by atoms with Gasteiger partial charge >= 0.3 is 0 Å². The van der Waals surface area contributed by atoms with Crippen molar-refractivity contribution < 1.29 is 18.0 Å². The molecule has 0 aliphatic heterocycles. The predicted molar refractivity (Wildman–Crippen MR) is 72.2 cm³/mol. The second kappa shape index (κ2) is 6.61. The van der Waals surface area contributed by atoms with Crippen molar-refractivity contribution in [3.8, 4) is 0 Å². The number of halogens is 3. The van der Waals surface area contributed by atoms with Crippen molar-refractivity contribution in [2.75, 3.05) is 5.75 Å². The zero-order chi connectivity index (χ0) is 14.5. The molecule has 0 unspecified atom stereocenters. The Bertz CT molecular complexity index is 628. The third kappa shape index (κ3) is 3.87. The van der Waals surface area contributed by atoms with Gasteiger partial charge in [0.2, 0.25) is 0 Å². The van der Waals surface area contributed by atoms with Crippen molar-refractivity contribution in [2.24, 2.45) is 0 Å². The van der Waals surface area contributed by atoms with Crippen LogP contribution >= 0.6 is 11.8 Å². The number of hydrogen-bond acceptors (Lipinski definition) is 2. The lowest BCUT2D eigenvalue weighted by molar-refractivity contribution is -0.116.